The van der Waals surface area contributed by atoms with Crippen molar-refractivity contribution in [3.05, 3.63) is 65.2 Å². The van der Waals surface area contributed by atoms with Crippen LogP contribution in [0.1, 0.15) is 48.7 Å². The first kappa shape index (κ1) is 29.1. The highest BCUT2D eigenvalue weighted by Gasteiger charge is 2.20. The lowest BCUT2D eigenvalue weighted by atomic mass is 10.0. The van der Waals surface area contributed by atoms with Crippen LogP contribution in [0.3, 0.4) is 0 Å². The number of esters is 1. The fraction of sp³-hybridized carbons (Fsp3) is 0.370. The van der Waals surface area contributed by atoms with Gasteiger partial charge in [-0.05, 0) is 38.5 Å². The molecule has 3 rings (SSSR count). The van der Waals surface area contributed by atoms with Crippen LogP contribution in [0.4, 0.5) is 4.79 Å². The molecular formula is C27H34N6O6. The van der Waals surface area contributed by atoms with Crippen molar-refractivity contribution in [1.29, 1.82) is 0 Å². The van der Waals surface area contributed by atoms with Crippen LogP contribution in [0.2, 0.25) is 0 Å². The van der Waals surface area contributed by atoms with Crippen molar-refractivity contribution in [3.8, 4) is 5.75 Å². The molecule has 1 atom stereocenters. The maximum absolute atomic E-state index is 13.1. The molecule has 5 N–H and O–H groups in total. The number of nitrogens with zero attached hydrogens (tertiary/aromatic N) is 2. The van der Waals surface area contributed by atoms with E-state index >= 15 is 0 Å². The number of alkyl carbamates (subject to hydrolysis) is 1. The van der Waals surface area contributed by atoms with E-state index in [2.05, 4.69) is 26.2 Å². The van der Waals surface area contributed by atoms with E-state index in [4.69, 9.17) is 19.9 Å². The highest BCUT2D eigenvalue weighted by molar-refractivity contribution is 6.10. The van der Waals surface area contributed by atoms with Crippen molar-refractivity contribution < 1.29 is 28.6 Å². The molecule has 0 unspecified atom stereocenters. The number of hydrogen-bond acceptors (Lipinski definition) is 11. The van der Waals surface area contributed by atoms with Gasteiger partial charge in [0.05, 0.1) is 30.9 Å². The highest BCUT2D eigenvalue weighted by Crippen LogP contribution is 2.22. The molecule has 12 heteroatoms. The van der Waals surface area contributed by atoms with Gasteiger partial charge in [0.15, 0.2) is 5.78 Å². The number of carbonyl (C=O) groups is 3. The van der Waals surface area contributed by atoms with Crippen LogP contribution in [-0.4, -0.2) is 61.5 Å². The molecule has 0 bridgehead atoms. The molecule has 0 aromatic heterocycles. The fourth-order valence-corrected chi connectivity index (χ4v) is 3.39. The number of aliphatic imine (C=N–C) groups is 1. The number of ketones is 1. The number of nitrogens with two attached hydrogens (primary N) is 1. The van der Waals surface area contributed by atoms with Gasteiger partial charge in [-0.1, -0.05) is 36.4 Å². The molecule has 0 saturated heterocycles. The molecule has 2 aromatic rings. The summed E-state index contributed by atoms with van der Waals surface area (Å²) >= 11 is 0. The molecule has 0 fully saturated rings. The van der Waals surface area contributed by atoms with Gasteiger partial charge in [-0.3, -0.25) is 9.59 Å². The summed E-state index contributed by atoms with van der Waals surface area (Å²) in [6.07, 6.45) is -0.371. The van der Waals surface area contributed by atoms with Gasteiger partial charge in [0.2, 0.25) is 5.96 Å². The van der Waals surface area contributed by atoms with Crippen LogP contribution in [0, 0.1) is 0 Å². The summed E-state index contributed by atoms with van der Waals surface area (Å²) < 4.78 is 16.1. The quantitative estimate of drug-likeness (QED) is 0.110. The number of hydrogen-bond donors (Lipinski definition) is 4. The number of hydrazone groups is 1. The fourth-order valence-electron chi connectivity index (χ4n) is 3.39. The highest BCUT2D eigenvalue weighted by atomic mass is 16.6. The van der Waals surface area contributed by atoms with E-state index in [1.807, 2.05) is 0 Å². The third kappa shape index (κ3) is 10.1. The molecule has 12 nitrogen and oxygen atoms in total. The second kappa shape index (κ2) is 13.9. The molecular weight excluding hydrogens is 504 g/mol. The molecule has 39 heavy (non-hydrogen) atoms. The SMILES string of the molecule is CC(C)(C)OC(=O)C[C@@H](N)NC(=O)OCc1ccc(C(=O)c2ccccc2OCC=NNC2=NCCN2)cc1. The molecule has 208 valence electrons. The van der Waals surface area contributed by atoms with Gasteiger partial charge in [-0.15, -0.1) is 0 Å². The first-order chi connectivity index (χ1) is 18.6. The van der Waals surface area contributed by atoms with Gasteiger partial charge >= 0.3 is 12.1 Å². The lowest BCUT2D eigenvalue weighted by Crippen LogP contribution is -2.44. The number of amides is 1. The van der Waals surface area contributed by atoms with Gasteiger partial charge < -0.3 is 30.6 Å². The minimum Gasteiger partial charge on any atom is -0.487 e. The van der Waals surface area contributed by atoms with E-state index in [9.17, 15) is 14.4 Å². The molecule has 1 aliphatic rings. The minimum absolute atomic E-state index is 0.0472. The largest absolute Gasteiger partial charge is 0.487 e. The van der Waals surface area contributed by atoms with Crippen molar-refractivity contribution >= 4 is 30.0 Å². The standard InChI is InChI=1S/C27H34N6O6/c1-27(2,3)39-23(34)16-22(28)32-26(36)38-17-18-8-10-19(11-9-18)24(35)20-6-4-5-7-21(20)37-15-14-31-33-25-29-12-13-30-25/h4-11,14,22H,12-13,15-17,28H2,1-3H3,(H,32,36)(H2,29,30,33)/t22-/m0/s1. The second-order valence-corrected chi connectivity index (χ2v) is 9.53. The molecule has 0 aliphatic carbocycles. The zero-order valence-electron chi connectivity index (χ0n) is 22.2. The molecule has 2 aromatic carbocycles. The molecule has 0 radical (unpaired) electrons. The first-order valence-electron chi connectivity index (χ1n) is 12.4. The summed E-state index contributed by atoms with van der Waals surface area (Å²) in [5, 5.41) is 9.46. The Kier molecular flexibility index (Phi) is 10.4. The van der Waals surface area contributed by atoms with Gasteiger partial charge in [0, 0.05) is 12.1 Å². The van der Waals surface area contributed by atoms with Crippen molar-refractivity contribution in [2.75, 3.05) is 19.7 Å². The van der Waals surface area contributed by atoms with Crippen molar-refractivity contribution in [3.63, 3.8) is 0 Å². The minimum atomic E-state index is -0.948. The van der Waals surface area contributed by atoms with Crippen LogP contribution in [0.5, 0.6) is 5.75 Å². The van der Waals surface area contributed by atoms with Gasteiger partial charge in [0.1, 0.15) is 24.6 Å². The lowest BCUT2D eigenvalue weighted by molar-refractivity contribution is -0.155. The Hall–Kier alpha value is -4.45. The first-order valence-corrected chi connectivity index (χ1v) is 12.4. The van der Waals surface area contributed by atoms with Crippen LogP contribution in [0.25, 0.3) is 0 Å². The van der Waals surface area contributed by atoms with E-state index in [1.165, 1.54) is 0 Å². The van der Waals surface area contributed by atoms with E-state index < -0.39 is 23.8 Å². The van der Waals surface area contributed by atoms with E-state index in [1.54, 1.807) is 75.5 Å². The number of guanidine groups is 1. The lowest BCUT2D eigenvalue weighted by Gasteiger charge is -2.21. The van der Waals surface area contributed by atoms with E-state index in [0.29, 0.717) is 34.9 Å². The Morgan fingerprint density at radius 3 is 2.59 bits per heavy atom. The summed E-state index contributed by atoms with van der Waals surface area (Å²) in [5.41, 5.74) is 9.43. The number of rotatable bonds is 11. The van der Waals surface area contributed by atoms with Crippen LogP contribution in [-0.2, 0) is 20.9 Å². The average molecular weight is 539 g/mol. The van der Waals surface area contributed by atoms with Crippen LogP contribution in [0.15, 0.2) is 58.6 Å². The number of para-hydroxylation sites is 1. The Morgan fingerprint density at radius 2 is 1.90 bits per heavy atom. The predicted molar refractivity (Wildman–Crippen MR) is 146 cm³/mol. The molecule has 1 amide bonds. The third-order valence-electron chi connectivity index (χ3n) is 5.08. The normalized spacial score (nSPS) is 13.7. The summed E-state index contributed by atoms with van der Waals surface area (Å²) in [6.45, 7) is 6.82. The number of carbonyl (C=O) groups excluding carboxylic acids is 3. The maximum Gasteiger partial charge on any atom is 0.408 e. The zero-order valence-corrected chi connectivity index (χ0v) is 22.2. The maximum atomic E-state index is 13.1. The van der Waals surface area contributed by atoms with E-state index in [0.717, 1.165) is 6.54 Å². The monoisotopic (exact) mass is 538 g/mol. The Bertz CT molecular complexity index is 1210. The number of benzene rings is 2. The second-order valence-electron chi connectivity index (χ2n) is 9.53. The summed E-state index contributed by atoms with van der Waals surface area (Å²) in [6, 6.07) is 13.6. The van der Waals surface area contributed by atoms with Gasteiger partial charge in [-0.2, -0.15) is 5.10 Å². The zero-order chi connectivity index (χ0) is 28.3. The average Bonchev–Trinajstić information content (AvgIpc) is 3.40. The molecule has 1 heterocycles. The van der Waals surface area contributed by atoms with Crippen molar-refractivity contribution in [2.45, 2.75) is 45.6 Å². The smallest absolute Gasteiger partial charge is 0.408 e. The summed E-state index contributed by atoms with van der Waals surface area (Å²) in [4.78, 5) is 41.1. The number of nitrogens with one attached hydrogen (secondary N) is 3. The molecule has 1 aliphatic heterocycles. The van der Waals surface area contributed by atoms with Crippen LogP contribution >= 0.6 is 0 Å². The Balaban J connectivity index is 1.47. The third-order valence-corrected chi connectivity index (χ3v) is 5.08. The molecule has 0 spiro atoms. The van der Waals surface area contributed by atoms with Gasteiger partial charge in [-0.25, -0.2) is 15.2 Å². The Labute approximate surface area is 227 Å². The van der Waals surface area contributed by atoms with Crippen molar-refractivity contribution in [1.82, 2.24) is 16.1 Å². The topological polar surface area (TPSA) is 166 Å². The van der Waals surface area contributed by atoms with Crippen molar-refractivity contribution in [2.24, 2.45) is 15.8 Å². The Morgan fingerprint density at radius 1 is 1.15 bits per heavy atom. The van der Waals surface area contributed by atoms with E-state index in [-0.39, 0.29) is 25.4 Å². The van der Waals surface area contributed by atoms with Crippen LogP contribution < -0.4 is 26.5 Å². The number of ether oxygens (including phenoxy) is 3. The summed E-state index contributed by atoms with van der Waals surface area (Å²) in [5.74, 6) is 0.290. The van der Waals surface area contributed by atoms with Gasteiger partial charge in [0.25, 0.3) is 0 Å². The predicted octanol–water partition coefficient (Wildman–Crippen LogP) is 2.07. The summed E-state index contributed by atoms with van der Waals surface area (Å²) in [7, 11) is 0. The molecule has 0 saturated carbocycles.